The molecule has 0 aromatic carbocycles. The molecule has 0 fully saturated rings. The number of hydrogen-bond donors (Lipinski definition) is 0. The van der Waals surface area contributed by atoms with Crippen molar-refractivity contribution in [1.29, 1.82) is 0 Å². The molecule has 70 valence electrons. The fourth-order valence-electron chi connectivity index (χ4n) is 0.340. The minimum Gasteiger partial charge on any atom is -0.420 e. The highest BCUT2D eigenvalue weighted by atomic mass is 31.2. The third-order valence-electron chi connectivity index (χ3n) is 1.14. The Bertz CT molecular complexity index is 197. The molecule has 0 saturated carbocycles. The third kappa shape index (κ3) is 5.14. The van der Waals surface area contributed by atoms with Gasteiger partial charge in [0.2, 0.25) is 0 Å². The van der Waals surface area contributed by atoms with Gasteiger partial charge in [-0.05, 0) is 33.3 Å². The molecule has 0 aromatic rings. The van der Waals surface area contributed by atoms with Crippen LogP contribution in [0, 0.1) is 0 Å². The van der Waals surface area contributed by atoms with Crippen molar-refractivity contribution in [2.75, 3.05) is 0 Å². The minimum atomic E-state index is -2.35. The first-order valence-electron chi connectivity index (χ1n) is 3.55. The molecule has 0 aliphatic rings. The fraction of sp³-hybridized carbons (Fsp3) is 0.500. The lowest BCUT2D eigenvalue weighted by Crippen LogP contribution is -1.85. The summed E-state index contributed by atoms with van der Waals surface area (Å²) in [6.45, 7) is 10.4. The standard InChI is InChI=1S/C8H14FO2P/c1-6(2)8(5)11-12(9)10-7(3)4/h3H2,1-2,4-5H3. The van der Waals surface area contributed by atoms with Gasteiger partial charge in [-0.3, -0.25) is 0 Å². The molecule has 0 heterocycles. The maximum Gasteiger partial charge on any atom is 0.505 e. The summed E-state index contributed by atoms with van der Waals surface area (Å²) >= 11 is 0. The Hall–Kier alpha value is -0.560. The summed E-state index contributed by atoms with van der Waals surface area (Å²) in [6.07, 6.45) is 0. The summed E-state index contributed by atoms with van der Waals surface area (Å²) in [4.78, 5) is 0. The van der Waals surface area contributed by atoms with Crippen LogP contribution in [0.2, 0.25) is 0 Å². The smallest absolute Gasteiger partial charge is 0.420 e. The van der Waals surface area contributed by atoms with Gasteiger partial charge < -0.3 is 9.05 Å². The van der Waals surface area contributed by atoms with Gasteiger partial charge in [-0.1, -0.05) is 6.58 Å². The lowest BCUT2D eigenvalue weighted by molar-refractivity contribution is 0.319. The van der Waals surface area contributed by atoms with Gasteiger partial charge in [-0.15, -0.1) is 4.20 Å². The second-order valence-electron chi connectivity index (χ2n) is 2.65. The van der Waals surface area contributed by atoms with Gasteiger partial charge in [0.05, 0.1) is 5.76 Å². The zero-order valence-corrected chi connectivity index (χ0v) is 8.74. The maximum atomic E-state index is 12.8. The number of halogens is 1. The molecule has 12 heavy (non-hydrogen) atoms. The van der Waals surface area contributed by atoms with Crippen LogP contribution in [0.4, 0.5) is 4.20 Å². The van der Waals surface area contributed by atoms with Crippen LogP contribution in [0.1, 0.15) is 27.7 Å². The van der Waals surface area contributed by atoms with Crippen molar-refractivity contribution in [3.63, 3.8) is 0 Å². The van der Waals surface area contributed by atoms with Gasteiger partial charge in [-0.25, -0.2) is 0 Å². The van der Waals surface area contributed by atoms with Crippen molar-refractivity contribution in [2.24, 2.45) is 0 Å². The maximum absolute atomic E-state index is 12.8. The van der Waals surface area contributed by atoms with E-state index in [9.17, 15) is 4.20 Å². The van der Waals surface area contributed by atoms with E-state index >= 15 is 0 Å². The first-order chi connectivity index (χ1) is 5.43. The quantitative estimate of drug-likeness (QED) is 0.493. The Morgan fingerprint density at radius 3 is 2.00 bits per heavy atom. The van der Waals surface area contributed by atoms with Crippen LogP contribution >= 0.6 is 8.69 Å². The number of rotatable bonds is 4. The second-order valence-corrected chi connectivity index (χ2v) is 3.44. The predicted octanol–water partition coefficient (Wildman–Crippen LogP) is 4.06. The monoisotopic (exact) mass is 192 g/mol. The van der Waals surface area contributed by atoms with E-state index in [2.05, 4.69) is 11.1 Å². The molecule has 0 aliphatic heterocycles. The molecule has 0 aromatic heterocycles. The molecule has 1 atom stereocenters. The molecular weight excluding hydrogens is 178 g/mol. The van der Waals surface area contributed by atoms with Crippen molar-refractivity contribution in [3.8, 4) is 0 Å². The molecule has 0 amide bonds. The summed E-state index contributed by atoms with van der Waals surface area (Å²) in [5, 5.41) is 0. The van der Waals surface area contributed by atoms with Gasteiger partial charge in [0.1, 0.15) is 5.76 Å². The van der Waals surface area contributed by atoms with E-state index < -0.39 is 8.69 Å². The van der Waals surface area contributed by atoms with Crippen LogP contribution in [-0.2, 0) is 9.05 Å². The Morgan fingerprint density at radius 2 is 1.67 bits per heavy atom. The Kier molecular flexibility index (Phi) is 4.91. The Morgan fingerprint density at radius 1 is 1.17 bits per heavy atom. The Labute approximate surface area is 74.1 Å². The molecule has 0 spiro atoms. The Balaban J connectivity index is 3.93. The van der Waals surface area contributed by atoms with Crippen LogP contribution in [0.15, 0.2) is 23.7 Å². The van der Waals surface area contributed by atoms with Crippen LogP contribution in [0.5, 0.6) is 0 Å². The van der Waals surface area contributed by atoms with Crippen molar-refractivity contribution in [1.82, 2.24) is 0 Å². The van der Waals surface area contributed by atoms with Crippen LogP contribution in [-0.4, -0.2) is 0 Å². The van der Waals surface area contributed by atoms with E-state index in [0.29, 0.717) is 11.5 Å². The van der Waals surface area contributed by atoms with E-state index in [1.807, 2.05) is 13.8 Å². The summed E-state index contributed by atoms with van der Waals surface area (Å²) in [5.74, 6) is 0.884. The molecule has 0 rings (SSSR count). The van der Waals surface area contributed by atoms with Crippen molar-refractivity contribution in [3.05, 3.63) is 23.7 Å². The van der Waals surface area contributed by atoms with Crippen LogP contribution < -0.4 is 0 Å². The molecule has 0 aliphatic carbocycles. The molecule has 0 bridgehead atoms. The van der Waals surface area contributed by atoms with Crippen LogP contribution in [0.3, 0.4) is 0 Å². The van der Waals surface area contributed by atoms with E-state index in [4.69, 9.17) is 4.52 Å². The van der Waals surface area contributed by atoms with E-state index in [-0.39, 0.29) is 0 Å². The van der Waals surface area contributed by atoms with Crippen molar-refractivity contribution < 1.29 is 13.2 Å². The average molecular weight is 192 g/mol. The van der Waals surface area contributed by atoms with Gasteiger partial charge >= 0.3 is 8.69 Å². The second kappa shape index (κ2) is 5.15. The zero-order valence-electron chi connectivity index (χ0n) is 7.85. The fourth-order valence-corrected chi connectivity index (χ4v) is 1.02. The highest BCUT2D eigenvalue weighted by Gasteiger charge is 2.12. The number of hydrogen-bond acceptors (Lipinski definition) is 2. The predicted molar refractivity (Wildman–Crippen MR) is 49.1 cm³/mol. The highest BCUT2D eigenvalue weighted by Crippen LogP contribution is 2.44. The van der Waals surface area contributed by atoms with Gasteiger partial charge in [-0.2, -0.15) is 0 Å². The minimum absolute atomic E-state index is 0.324. The molecule has 4 heteroatoms. The first-order valence-corrected chi connectivity index (χ1v) is 4.61. The van der Waals surface area contributed by atoms with E-state index in [1.165, 1.54) is 0 Å². The topological polar surface area (TPSA) is 18.5 Å². The molecule has 0 saturated heterocycles. The van der Waals surface area contributed by atoms with Gasteiger partial charge in [0, 0.05) is 0 Å². The summed E-state index contributed by atoms with van der Waals surface area (Å²) in [5.41, 5.74) is 0.936. The highest BCUT2D eigenvalue weighted by molar-refractivity contribution is 7.41. The van der Waals surface area contributed by atoms with Gasteiger partial charge in [0.25, 0.3) is 0 Å². The SMILES string of the molecule is C=C(C)OP(F)OC(C)=C(C)C. The van der Waals surface area contributed by atoms with E-state index in [0.717, 1.165) is 5.57 Å². The number of allylic oxidation sites excluding steroid dienone is 3. The zero-order chi connectivity index (χ0) is 9.72. The normalized spacial score (nSPS) is 11.8. The van der Waals surface area contributed by atoms with Gasteiger partial charge in [0.15, 0.2) is 0 Å². The largest absolute Gasteiger partial charge is 0.505 e. The van der Waals surface area contributed by atoms with Crippen LogP contribution in [0.25, 0.3) is 0 Å². The lowest BCUT2D eigenvalue weighted by Gasteiger charge is -2.10. The van der Waals surface area contributed by atoms with Crippen molar-refractivity contribution >= 4 is 8.69 Å². The van der Waals surface area contributed by atoms with E-state index in [1.54, 1.807) is 13.8 Å². The molecular formula is C8H14FO2P. The lowest BCUT2D eigenvalue weighted by atomic mass is 10.3. The molecule has 0 radical (unpaired) electrons. The molecule has 2 nitrogen and oxygen atoms in total. The average Bonchev–Trinajstić information content (AvgIpc) is 1.84. The molecule has 1 unspecified atom stereocenters. The summed E-state index contributed by atoms with van der Waals surface area (Å²) in [7, 11) is -2.35. The first kappa shape index (κ1) is 11.4. The molecule has 0 N–H and O–H groups in total. The van der Waals surface area contributed by atoms with Crippen molar-refractivity contribution in [2.45, 2.75) is 27.7 Å². The summed E-state index contributed by atoms with van der Waals surface area (Å²) < 4.78 is 22.2. The summed E-state index contributed by atoms with van der Waals surface area (Å²) in [6, 6.07) is 0. The third-order valence-corrected chi connectivity index (χ3v) is 2.01.